The summed E-state index contributed by atoms with van der Waals surface area (Å²) in [5, 5.41) is 0. The first-order chi connectivity index (χ1) is 22.3. The van der Waals surface area contributed by atoms with Crippen molar-refractivity contribution in [2.75, 3.05) is 12.4 Å². The van der Waals surface area contributed by atoms with Crippen molar-refractivity contribution in [3.05, 3.63) is 101 Å². The SMILES string of the molecule is C=C(C)C(=O)OCCCCSc1ccc(C(=O)Oc2ccc(C(=O)Oc3ccc(CCCCCCCCCC)cc3)cc2)cc1C. The molecule has 0 aliphatic carbocycles. The van der Waals surface area contributed by atoms with Gasteiger partial charge in [-0.2, -0.15) is 0 Å². The second-order valence-corrected chi connectivity index (χ2v) is 12.8. The van der Waals surface area contributed by atoms with Gasteiger partial charge in [0.05, 0.1) is 17.7 Å². The van der Waals surface area contributed by atoms with Gasteiger partial charge in [-0.3, -0.25) is 0 Å². The average molecular weight is 645 g/mol. The summed E-state index contributed by atoms with van der Waals surface area (Å²) in [4.78, 5) is 38.0. The van der Waals surface area contributed by atoms with Crippen LogP contribution in [0, 0.1) is 6.92 Å². The van der Waals surface area contributed by atoms with E-state index in [4.69, 9.17) is 14.2 Å². The number of hydrogen-bond donors (Lipinski definition) is 0. The van der Waals surface area contributed by atoms with E-state index in [1.165, 1.54) is 56.9 Å². The van der Waals surface area contributed by atoms with Gasteiger partial charge in [0.15, 0.2) is 0 Å². The van der Waals surface area contributed by atoms with Crippen LogP contribution in [0.5, 0.6) is 11.5 Å². The van der Waals surface area contributed by atoms with Crippen LogP contribution in [0.3, 0.4) is 0 Å². The minimum absolute atomic E-state index is 0.343. The highest BCUT2D eigenvalue weighted by Crippen LogP contribution is 2.25. The summed E-state index contributed by atoms with van der Waals surface area (Å²) in [6.07, 6.45) is 13.1. The molecule has 3 aromatic rings. The van der Waals surface area contributed by atoms with E-state index in [-0.39, 0.29) is 5.97 Å². The standard InChI is InChI=1S/C39H48O6S/c1-5-6-7-8-9-10-11-12-15-31-16-21-34(22-17-31)44-38(41)32-18-23-35(24-19-32)45-39(42)33-20-25-36(30(4)28-33)46-27-14-13-26-43-37(40)29(2)3/h16-25,28H,2,5-15,26-27H2,1,3-4H3. The number of thioether (sulfide) groups is 1. The zero-order valence-electron chi connectivity index (χ0n) is 27.6. The van der Waals surface area contributed by atoms with Crippen LogP contribution in [0.25, 0.3) is 0 Å². The first-order valence-electron chi connectivity index (χ1n) is 16.5. The molecule has 3 rings (SSSR count). The van der Waals surface area contributed by atoms with Crippen molar-refractivity contribution < 1.29 is 28.6 Å². The molecule has 0 aromatic heterocycles. The number of unbranched alkanes of at least 4 members (excludes halogenated alkanes) is 8. The Balaban J connectivity index is 1.39. The smallest absolute Gasteiger partial charge is 0.343 e. The lowest BCUT2D eigenvalue weighted by Crippen LogP contribution is -2.10. The molecule has 6 nitrogen and oxygen atoms in total. The number of carbonyl (C=O) groups excluding carboxylic acids is 3. The highest BCUT2D eigenvalue weighted by molar-refractivity contribution is 7.99. The second kappa shape index (κ2) is 20.3. The summed E-state index contributed by atoms with van der Waals surface area (Å²) < 4.78 is 16.2. The Hall–Kier alpha value is -3.84. The Morgan fingerprint density at radius 2 is 1.26 bits per heavy atom. The number of hydrogen-bond acceptors (Lipinski definition) is 7. The number of esters is 3. The molecule has 0 fully saturated rings. The molecule has 46 heavy (non-hydrogen) atoms. The summed E-state index contributed by atoms with van der Waals surface area (Å²) in [6.45, 7) is 9.79. The first kappa shape index (κ1) is 36.6. The Labute approximate surface area is 278 Å². The van der Waals surface area contributed by atoms with Gasteiger partial charge in [0.25, 0.3) is 0 Å². The van der Waals surface area contributed by atoms with Crippen LogP contribution in [-0.2, 0) is 16.0 Å². The Bertz CT molecular complexity index is 1410. The van der Waals surface area contributed by atoms with Crippen LogP contribution in [0.2, 0.25) is 0 Å². The fraction of sp³-hybridized carbons (Fsp3) is 0.410. The molecule has 0 spiro atoms. The van der Waals surface area contributed by atoms with Gasteiger partial charge in [-0.05, 0) is 111 Å². The fourth-order valence-corrected chi connectivity index (χ4v) is 5.81. The van der Waals surface area contributed by atoms with Gasteiger partial charge in [-0.15, -0.1) is 11.8 Å². The van der Waals surface area contributed by atoms with Gasteiger partial charge in [-0.25, -0.2) is 14.4 Å². The molecule has 0 saturated heterocycles. The third-order valence-electron chi connectivity index (χ3n) is 7.54. The minimum atomic E-state index is -0.471. The van der Waals surface area contributed by atoms with Crippen molar-refractivity contribution in [1.29, 1.82) is 0 Å². The first-order valence-corrected chi connectivity index (χ1v) is 17.4. The topological polar surface area (TPSA) is 78.9 Å². The van der Waals surface area contributed by atoms with Crippen molar-refractivity contribution in [3.63, 3.8) is 0 Å². The molecule has 0 saturated carbocycles. The average Bonchev–Trinajstić information content (AvgIpc) is 3.05. The summed E-state index contributed by atoms with van der Waals surface area (Å²) in [5.74, 6) is 0.419. The van der Waals surface area contributed by atoms with Gasteiger partial charge in [-0.1, -0.05) is 70.6 Å². The number of carbonyl (C=O) groups is 3. The minimum Gasteiger partial charge on any atom is -0.462 e. The number of ether oxygens (including phenoxy) is 3. The fourth-order valence-electron chi connectivity index (χ4n) is 4.79. The van der Waals surface area contributed by atoms with Crippen molar-refractivity contribution in [2.45, 2.75) is 96.3 Å². The molecule has 0 amide bonds. The van der Waals surface area contributed by atoms with E-state index in [2.05, 4.69) is 13.5 Å². The number of aryl methyl sites for hydroxylation is 2. The van der Waals surface area contributed by atoms with Crippen molar-refractivity contribution in [2.24, 2.45) is 0 Å². The lowest BCUT2D eigenvalue weighted by atomic mass is 10.0. The normalized spacial score (nSPS) is 10.8. The third-order valence-corrected chi connectivity index (χ3v) is 8.80. The summed E-state index contributed by atoms with van der Waals surface area (Å²) >= 11 is 1.69. The molecule has 0 radical (unpaired) electrons. The summed E-state index contributed by atoms with van der Waals surface area (Å²) in [5.41, 5.74) is 3.45. The highest BCUT2D eigenvalue weighted by Gasteiger charge is 2.13. The number of benzene rings is 3. The lowest BCUT2D eigenvalue weighted by Gasteiger charge is -2.10. The molecule has 0 unspecified atom stereocenters. The van der Waals surface area contributed by atoms with E-state index in [0.717, 1.165) is 35.5 Å². The Morgan fingerprint density at radius 3 is 1.87 bits per heavy atom. The zero-order valence-corrected chi connectivity index (χ0v) is 28.4. The van der Waals surface area contributed by atoms with Gasteiger partial charge < -0.3 is 14.2 Å². The van der Waals surface area contributed by atoms with Crippen LogP contribution < -0.4 is 9.47 Å². The molecule has 0 aliphatic rings. The molecule has 0 atom stereocenters. The Kier molecular flexibility index (Phi) is 16.2. The van der Waals surface area contributed by atoms with Gasteiger partial charge in [0.1, 0.15) is 11.5 Å². The molecule has 246 valence electrons. The van der Waals surface area contributed by atoms with Crippen LogP contribution >= 0.6 is 11.8 Å². The zero-order chi connectivity index (χ0) is 33.1. The molecule has 0 N–H and O–H groups in total. The number of rotatable bonds is 20. The van der Waals surface area contributed by atoms with Gasteiger partial charge in [0, 0.05) is 10.5 Å². The highest BCUT2D eigenvalue weighted by atomic mass is 32.2. The maximum Gasteiger partial charge on any atom is 0.343 e. The van der Waals surface area contributed by atoms with Crippen molar-refractivity contribution in [3.8, 4) is 11.5 Å². The van der Waals surface area contributed by atoms with Gasteiger partial charge >= 0.3 is 17.9 Å². The predicted molar refractivity (Wildman–Crippen MR) is 186 cm³/mol. The molecule has 3 aromatic carbocycles. The molecular formula is C39H48O6S. The van der Waals surface area contributed by atoms with Crippen LogP contribution in [-0.4, -0.2) is 30.3 Å². The summed E-state index contributed by atoms with van der Waals surface area (Å²) in [6, 6.07) is 19.6. The van der Waals surface area contributed by atoms with Gasteiger partial charge in [0.2, 0.25) is 0 Å². The van der Waals surface area contributed by atoms with E-state index in [1.54, 1.807) is 49.0 Å². The monoisotopic (exact) mass is 644 g/mol. The van der Waals surface area contributed by atoms with E-state index < -0.39 is 11.9 Å². The quantitative estimate of drug-likeness (QED) is 0.0398. The lowest BCUT2D eigenvalue weighted by molar-refractivity contribution is -0.139. The largest absolute Gasteiger partial charge is 0.462 e. The summed E-state index contributed by atoms with van der Waals surface area (Å²) in [7, 11) is 0. The van der Waals surface area contributed by atoms with Crippen LogP contribution in [0.1, 0.15) is 110 Å². The van der Waals surface area contributed by atoms with E-state index in [0.29, 0.717) is 34.8 Å². The maximum atomic E-state index is 12.8. The second-order valence-electron chi connectivity index (χ2n) is 11.6. The Morgan fingerprint density at radius 1 is 0.696 bits per heavy atom. The third kappa shape index (κ3) is 13.3. The molecule has 7 heteroatoms. The van der Waals surface area contributed by atoms with Crippen molar-refractivity contribution >= 4 is 29.7 Å². The molecule has 0 aliphatic heterocycles. The van der Waals surface area contributed by atoms with E-state index in [1.807, 2.05) is 43.3 Å². The van der Waals surface area contributed by atoms with Crippen LogP contribution in [0.15, 0.2) is 83.8 Å². The van der Waals surface area contributed by atoms with Crippen LogP contribution in [0.4, 0.5) is 0 Å². The van der Waals surface area contributed by atoms with E-state index >= 15 is 0 Å². The molecule has 0 heterocycles. The van der Waals surface area contributed by atoms with E-state index in [9.17, 15) is 14.4 Å². The maximum absolute atomic E-state index is 12.8. The molecular weight excluding hydrogens is 596 g/mol. The van der Waals surface area contributed by atoms with Crippen molar-refractivity contribution in [1.82, 2.24) is 0 Å². The predicted octanol–water partition coefficient (Wildman–Crippen LogP) is 10.1. The molecule has 0 bridgehead atoms.